The number of piperazine rings is 1. The minimum absolute atomic E-state index is 0.270. The van der Waals surface area contributed by atoms with E-state index in [0.29, 0.717) is 12.0 Å². The molecule has 2 fully saturated rings. The number of rotatable bonds is 6. The summed E-state index contributed by atoms with van der Waals surface area (Å²) < 4.78 is 20.1. The summed E-state index contributed by atoms with van der Waals surface area (Å²) in [6, 6.07) is 13.4. The second-order valence-corrected chi connectivity index (χ2v) is 8.07. The molecule has 0 radical (unpaired) electrons. The fourth-order valence-corrected chi connectivity index (χ4v) is 4.08. The fourth-order valence-electron chi connectivity index (χ4n) is 4.08. The molecule has 0 unspecified atom stereocenters. The normalized spacial score (nSPS) is 17.5. The average Bonchev–Trinajstić information content (AvgIpc) is 3.21. The molecule has 5 rings (SSSR count). The molecular weight excluding hydrogens is 395 g/mol. The zero-order valence-electron chi connectivity index (χ0n) is 17.7. The van der Waals surface area contributed by atoms with Crippen LogP contribution in [0.3, 0.4) is 0 Å². The predicted octanol–water partition coefficient (Wildman–Crippen LogP) is 3.23. The molecule has 1 N–H and O–H groups in total. The van der Waals surface area contributed by atoms with Gasteiger partial charge in [0, 0.05) is 37.6 Å². The number of nitrogens with zero attached hydrogens (tertiary/aromatic N) is 5. The Labute approximate surface area is 181 Å². The third-order valence-corrected chi connectivity index (χ3v) is 6.04. The number of benzene rings is 2. The standard InChI is InChI=1S/C23H27FN6O/c1-2-17-11-19(26-23-25-16-30(27-23)20-5-3-18(24)4-6-20)13-21(12-17)28-7-9-29(10-8-28)22-14-31-15-22/h3-6,11-13,16,22H,2,7-10,14-15H2,1H3,(H,26,27). The molecule has 31 heavy (non-hydrogen) atoms. The van der Waals surface area contributed by atoms with Crippen molar-refractivity contribution in [2.75, 3.05) is 49.6 Å². The minimum atomic E-state index is -0.270. The van der Waals surface area contributed by atoms with E-state index in [-0.39, 0.29) is 5.82 Å². The first-order valence-corrected chi connectivity index (χ1v) is 10.8. The Balaban J connectivity index is 1.30. The van der Waals surface area contributed by atoms with Crippen LogP contribution in [0, 0.1) is 5.82 Å². The molecule has 0 atom stereocenters. The molecule has 8 heteroatoms. The van der Waals surface area contributed by atoms with Crippen molar-refractivity contribution in [3.05, 3.63) is 60.2 Å². The van der Waals surface area contributed by atoms with Crippen LogP contribution in [0.4, 0.5) is 21.7 Å². The quantitative estimate of drug-likeness (QED) is 0.658. The van der Waals surface area contributed by atoms with Crippen molar-refractivity contribution in [2.24, 2.45) is 0 Å². The summed E-state index contributed by atoms with van der Waals surface area (Å²) in [5.74, 6) is 0.242. The summed E-state index contributed by atoms with van der Waals surface area (Å²) >= 11 is 0. The smallest absolute Gasteiger partial charge is 0.246 e. The number of anilines is 3. The van der Waals surface area contributed by atoms with Gasteiger partial charge in [0.15, 0.2) is 0 Å². The number of nitrogens with one attached hydrogen (secondary N) is 1. The van der Waals surface area contributed by atoms with Gasteiger partial charge in [-0.1, -0.05) is 6.92 Å². The van der Waals surface area contributed by atoms with E-state index >= 15 is 0 Å². The first-order valence-electron chi connectivity index (χ1n) is 10.8. The Morgan fingerprint density at radius 2 is 1.81 bits per heavy atom. The van der Waals surface area contributed by atoms with Gasteiger partial charge in [-0.05, 0) is 54.4 Å². The number of aryl methyl sites for hydroxylation is 1. The third-order valence-electron chi connectivity index (χ3n) is 6.04. The molecular formula is C23H27FN6O. The van der Waals surface area contributed by atoms with Crippen molar-refractivity contribution in [2.45, 2.75) is 19.4 Å². The van der Waals surface area contributed by atoms with Crippen LogP contribution in [0.2, 0.25) is 0 Å². The third kappa shape index (κ3) is 4.40. The Morgan fingerprint density at radius 1 is 1.03 bits per heavy atom. The van der Waals surface area contributed by atoms with Crippen molar-refractivity contribution in [1.82, 2.24) is 19.7 Å². The summed E-state index contributed by atoms with van der Waals surface area (Å²) in [7, 11) is 0. The molecule has 3 aromatic rings. The lowest BCUT2D eigenvalue weighted by Gasteiger charge is -2.43. The lowest BCUT2D eigenvalue weighted by Crippen LogP contribution is -2.56. The van der Waals surface area contributed by atoms with Gasteiger partial charge in [-0.15, -0.1) is 5.10 Å². The van der Waals surface area contributed by atoms with Crippen molar-refractivity contribution in [3.63, 3.8) is 0 Å². The van der Waals surface area contributed by atoms with Gasteiger partial charge in [0.25, 0.3) is 0 Å². The van der Waals surface area contributed by atoms with Crippen molar-refractivity contribution < 1.29 is 9.13 Å². The molecule has 2 saturated heterocycles. The van der Waals surface area contributed by atoms with Gasteiger partial charge < -0.3 is 15.0 Å². The number of aromatic nitrogens is 3. The van der Waals surface area contributed by atoms with E-state index in [4.69, 9.17) is 4.74 Å². The molecule has 7 nitrogen and oxygen atoms in total. The molecule has 3 heterocycles. The molecule has 0 spiro atoms. The first kappa shape index (κ1) is 20.0. The molecule has 162 valence electrons. The SMILES string of the molecule is CCc1cc(Nc2ncn(-c3ccc(F)cc3)n2)cc(N2CCN(C3COC3)CC2)c1. The van der Waals surface area contributed by atoms with E-state index < -0.39 is 0 Å². The molecule has 0 bridgehead atoms. The maximum Gasteiger partial charge on any atom is 0.246 e. The summed E-state index contributed by atoms with van der Waals surface area (Å²) in [6.45, 7) is 8.07. The van der Waals surface area contributed by atoms with E-state index in [2.05, 4.69) is 50.3 Å². The first-order chi connectivity index (χ1) is 15.2. The number of ether oxygens (including phenoxy) is 1. The van der Waals surface area contributed by atoms with Crippen LogP contribution < -0.4 is 10.2 Å². The van der Waals surface area contributed by atoms with Gasteiger partial charge >= 0.3 is 0 Å². The van der Waals surface area contributed by atoms with Gasteiger partial charge in [0.05, 0.1) is 24.9 Å². The number of hydrogen-bond acceptors (Lipinski definition) is 6. The van der Waals surface area contributed by atoms with Gasteiger partial charge in [-0.25, -0.2) is 9.07 Å². The van der Waals surface area contributed by atoms with Crippen LogP contribution in [0.5, 0.6) is 0 Å². The monoisotopic (exact) mass is 422 g/mol. The van der Waals surface area contributed by atoms with E-state index in [1.54, 1.807) is 23.1 Å². The zero-order chi connectivity index (χ0) is 21.2. The Hall–Kier alpha value is -2.97. The van der Waals surface area contributed by atoms with Gasteiger partial charge in [0.2, 0.25) is 5.95 Å². The van der Waals surface area contributed by atoms with Gasteiger partial charge in [-0.3, -0.25) is 4.90 Å². The highest BCUT2D eigenvalue weighted by molar-refractivity contribution is 5.64. The van der Waals surface area contributed by atoms with E-state index in [1.807, 2.05) is 0 Å². The number of hydrogen-bond donors (Lipinski definition) is 1. The molecule has 0 saturated carbocycles. The van der Waals surface area contributed by atoms with Crippen LogP contribution in [-0.4, -0.2) is 65.1 Å². The van der Waals surface area contributed by atoms with Crippen LogP contribution in [0.25, 0.3) is 5.69 Å². The zero-order valence-corrected chi connectivity index (χ0v) is 17.7. The highest BCUT2D eigenvalue weighted by atomic mass is 19.1. The van der Waals surface area contributed by atoms with E-state index in [9.17, 15) is 4.39 Å². The topological polar surface area (TPSA) is 58.5 Å². The summed E-state index contributed by atoms with van der Waals surface area (Å²) in [5.41, 5.74) is 4.23. The Kier molecular flexibility index (Phi) is 5.57. The highest BCUT2D eigenvalue weighted by Crippen LogP contribution is 2.26. The highest BCUT2D eigenvalue weighted by Gasteiger charge is 2.29. The molecule has 2 aromatic carbocycles. The fraction of sp³-hybridized carbons (Fsp3) is 0.391. The van der Waals surface area contributed by atoms with E-state index in [1.165, 1.54) is 23.4 Å². The van der Waals surface area contributed by atoms with Crippen molar-refractivity contribution in [1.29, 1.82) is 0 Å². The van der Waals surface area contributed by atoms with Crippen molar-refractivity contribution in [3.8, 4) is 5.69 Å². The molecule has 0 aliphatic carbocycles. The van der Waals surface area contributed by atoms with Crippen LogP contribution in [0.15, 0.2) is 48.8 Å². The van der Waals surface area contributed by atoms with Crippen molar-refractivity contribution >= 4 is 17.3 Å². The molecule has 2 aliphatic heterocycles. The molecule has 1 aromatic heterocycles. The molecule has 0 amide bonds. The second-order valence-electron chi connectivity index (χ2n) is 8.07. The van der Waals surface area contributed by atoms with Gasteiger partial charge in [0.1, 0.15) is 12.1 Å². The maximum absolute atomic E-state index is 13.2. The van der Waals surface area contributed by atoms with Crippen LogP contribution in [0.1, 0.15) is 12.5 Å². The maximum atomic E-state index is 13.2. The largest absolute Gasteiger partial charge is 0.378 e. The lowest BCUT2D eigenvalue weighted by atomic mass is 10.1. The van der Waals surface area contributed by atoms with Gasteiger partial charge in [-0.2, -0.15) is 4.98 Å². The summed E-state index contributed by atoms with van der Waals surface area (Å²) in [6.07, 6.45) is 2.59. The minimum Gasteiger partial charge on any atom is -0.378 e. The average molecular weight is 423 g/mol. The Bertz CT molecular complexity index is 1020. The predicted molar refractivity (Wildman–Crippen MR) is 119 cm³/mol. The second kappa shape index (κ2) is 8.64. The molecule has 2 aliphatic rings. The Morgan fingerprint density at radius 3 is 2.48 bits per heavy atom. The summed E-state index contributed by atoms with van der Waals surface area (Å²) in [4.78, 5) is 9.35. The van der Waals surface area contributed by atoms with E-state index in [0.717, 1.165) is 57.2 Å². The van der Waals surface area contributed by atoms with Crippen LogP contribution >= 0.6 is 0 Å². The van der Waals surface area contributed by atoms with Crippen LogP contribution in [-0.2, 0) is 11.2 Å². The lowest BCUT2D eigenvalue weighted by molar-refractivity contribution is -0.0660. The number of halogens is 1. The summed E-state index contributed by atoms with van der Waals surface area (Å²) in [5, 5.41) is 7.82.